The predicted molar refractivity (Wildman–Crippen MR) is 55.3 cm³/mol. The number of nitrogens with one attached hydrogen (secondary N) is 2. The van der Waals surface area contributed by atoms with Crippen LogP contribution in [0.15, 0.2) is 12.8 Å². The summed E-state index contributed by atoms with van der Waals surface area (Å²) in [6, 6.07) is 0. The SMILES string of the molecule is C=CN(CCNC)N1CCNCC1. The number of hydrogen-bond acceptors (Lipinski definition) is 4. The van der Waals surface area contributed by atoms with Crippen LogP contribution in [0.5, 0.6) is 0 Å². The van der Waals surface area contributed by atoms with Crippen molar-refractivity contribution in [3.05, 3.63) is 12.8 Å². The van der Waals surface area contributed by atoms with Gasteiger partial charge in [0.05, 0.1) is 0 Å². The molecule has 0 aromatic heterocycles. The quantitative estimate of drug-likeness (QED) is 0.601. The summed E-state index contributed by atoms with van der Waals surface area (Å²) in [5, 5.41) is 11.0. The summed E-state index contributed by atoms with van der Waals surface area (Å²) in [6.07, 6.45) is 1.91. The van der Waals surface area contributed by atoms with Crippen molar-refractivity contribution in [2.45, 2.75) is 0 Å². The molecule has 0 aromatic rings. The van der Waals surface area contributed by atoms with E-state index in [-0.39, 0.29) is 0 Å². The summed E-state index contributed by atoms with van der Waals surface area (Å²) in [6.45, 7) is 10.1. The average Bonchev–Trinajstić information content (AvgIpc) is 2.21. The lowest BCUT2D eigenvalue weighted by Crippen LogP contribution is -2.51. The maximum Gasteiger partial charge on any atom is 0.0464 e. The summed E-state index contributed by atoms with van der Waals surface area (Å²) < 4.78 is 0. The van der Waals surface area contributed by atoms with Gasteiger partial charge in [-0.1, -0.05) is 6.58 Å². The first-order chi connectivity index (χ1) is 6.38. The molecule has 1 fully saturated rings. The minimum atomic E-state index is 0.996. The first-order valence-electron chi connectivity index (χ1n) is 4.88. The molecule has 0 saturated carbocycles. The number of rotatable bonds is 5. The van der Waals surface area contributed by atoms with Crippen LogP contribution in [0.4, 0.5) is 0 Å². The first kappa shape index (κ1) is 10.5. The molecular formula is C9H20N4. The van der Waals surface area contributed by atoms with Gasteiger partial charge in [-0.05, 0) is 7.05 Å². The molecule has 2 N–H and O–H groups in total. The molecule has 0 spiro atoms. The summed E-state index contributed by atoms with van der Waals surface area (Å²) >= 11 is 0. The Balaban J connectivity index is 2.30. The van der Waals surface area contributed by atoms with Crippen molar-refractivity contribution < 1.29 is 0 Å². The Morgan fingerprint density at radius 2 is 2.23 bits per heavy atom. The van der Waals surface area contributed by atoms with Crippen LogP contribution in [0.25, 0.3) is 0 Å². The molecule has 0 aromatic carbocycles. The molecule has 0 radical (unpaired) electrons. The van der Waals surface area contributed by atoms with E-state index in [0.717, 1.165) is 39.3 Å². The van der Waals surface area contributed by atoms with Crippen molar-refractivity contribution in [1.82, 2.24) is 20.7 Å². The van der Waals surface area contributed by atoms with Gasteiger partial charge in [-0.15, -0.1) is 0 Å². The second-order valence-electron chi connectivity index (χ2n) is 3.15. The van der Waals surface area contributed by atoms with E-state index in [2.05, 4.69) is 27.2 Å². The summed E-state index contributed by atoms with van der Waals surface area (Å²) in [7, 11) is 1.97. The fraction of sp³-hybridized carbons (Fsp3) is 0.778. The van der Waals surface area contributed by atoms with Crippen LogP contribution < -0.4 is 10.6 Å². The van der Waals surface area contributed by atoms with Gasteiger partial charge in [-0.3, -0.25) is 0 Å². The van der Waals surface area contributed by atoms with Gasteiger partial charge in [0.1, 0.15) is 0 Å². The lowest BCUT2D eigenvalue weighted by atomic mass is 10.4. The van der Waals surface area contributed by atoms with E-state index in [4.69, 9.17) is 0 Å². The summed E-state index contributed by atoms with van der Waals surface area (Å²) in [4.78, 5) is 0. The standard InChI is InChI=1S/C9H20N4/c1-3-12(7-4-10-2)13-8-5-11-6-9-13/h3,10-11H,1,4-9H2,2H3. The number of piperazine rings is 1. The normalized spacial score (nSPS) is 18.5. The molecule has 76 valence electrons. The van der Waals surface area contributed by atoms with Crippen molar-refractivity contribution in [1.29, 1.82) is 0 Å². The van der Waals surface area contributed by atoms with Crippen molar-refractivity contribution in [3.63, 3.8) is 0 Å². The van der Waals surface area contributed by atoms with Crippen molar-refractivity contribution in [2.24, 2.45) is 0 Å². The maximum atomic E-state index is 3.83. The van der Waals surface area contributed by atoms with Gasteiger partial charge in [0.15, 0.2) is 0 Å². The van der Waals surface area contributed by atoms with E-state index in [1.807, 2.05) is 13.2 Å². The molecular weight excluding hydrogens is 164 g/mol. The van der Waals surface area contributed by atoms with Gasteiger partial charge in [0.2, 0.25) is 0 Å². The summed E-state index contributed by atoms with van der Waals surface area (Å²) in [5.74, 6) is 0. The summed E-state index contributed by atoms with van der Waals surface area (Å²) in [5.41, 5.74) is 0. The molecule has 1 rings (SSSR count). The molecule has 1 heterocycles. The molecule has 1 aliphatic heterocycles. The highest BCUT2D eigenvalue weighted by atomic mass is 15.6. The molecule has 1 saturated heterocycles. The Bertz CT molecular complexity index is 143. The predicted octanol–water partition coefficient (Wildman–Crippen LogP) is -0.528. The molecule has 0 amide bonds. The van der Waals surface area contributed by atoms with Crippen LogP contribution in [0.2, 0.25) is 0 Å². The molecule has 0 bridgehead atoms. The molecule has 0 unspecified atom stereocenters. The Morgan fingerprint density at radius 1 is 1.54 bits per heavy atom. The second kappa shape index (κ2) is 5.96. The highest BCUT2D eigenvalue weighted by Gasteiger charge is 2.13. The lowest BCUT2D eigenvalue weighted by Gasteiger charge is -2.36. The Hall–Kier alpha value is -0.580. The van der Waals surface area contributed by atoms with Crippen molar-refractivity contribution >= 4 is 0 Å². The third-order valence-electron chi connectivity index (χ3n) is 2.26. The molecule has 0 atom stereocenters. The zero-order valence-electron chi connectivity index (χ0n) is 8.42. The van der Waals surface area contributed by atoms with Crippen LogP contribution in [0.1, 0.15) is 0 Å². The van der Waals surface area contributed by atoms with Gasteiger partial charge in [0, 0.05) is 45.5 Å². The smallest absolute Gasteiger partial charge is 0.0464 e. The van der Waals surface area contributed by atoms with Crippen LogP contribution in [-0.4, -0.2) is 56.3 Å². The fourth-order valence-electron chi connectivity index (χ4n) is 1.48. The number of nitrogens with zero attached hydrogens (tertiary/aromatic N) is 2. The number of hydrazine groups is 1. The Morgan fingerprint density at radius 3 is 2.77 bits per heavy atom. The van der Waals surface area contributed by atoms with Crippen LogP contribution in [-0.2, 0) is 0 Å². The molecule has 4 nitrogen and oxygen atoms in total. The second-order valence-corrected chi connectivity index (χ2v) is 3.15. The molecule has 4 heteroatoms. The Kier molecular flexibility index (Phi) is 4.82. The number of hydrogen-bond donors (Lipinski definition) is 2. The highest BCUT2D eigenvalue weighted by molar-refractivity contribution is 4.74. The molecule has 1 aliphatic rings. The van der Waals surface area contributed by atoms with Crippen molar-refractivity contribution in [3.8, 4) is 0 Å². The van der Waals surface area contributed by atoms with E-state index in [0.29, 0.717) is 0 Å². The van der Waals surface area contributed by atoms with Gasteiger partial charge >= 0.3 is 0 Å². The third kappa shape index (κ3) is 3.34. The largest absolute Gasteiger partial charge is 0.318 e. The van der Waals surface area contributed by atoms with E-state index in [1.165, 1.54) is 0 Å². The van der Waals surface area contributed by atoms with Crippen LogP contribution in [0, 0.1) is 0 Å². The first-order valence-corrected chi connectivity index (χ1v) is 4.88. The van der Waals surface area contributed by atoms with Gasteiger partial charge in [0.25, 0.3) is 0 Å². The number of likely N-dealkylation sites (N-methyl/N-ethyl adjacent to an activating group) is 1. The molecule has 0 aliphatic carbocycles. The van der Waals surface area contributed by atoms with E-state index >= 15 is 0 Å². The highest BCUT2D eigenvalue weighted by Crippen LogP contribution is 1.99. The minimum absolute atomic E-state index is 0.996. The lowest BCUT2D eigenvalue weighted by molar-refractivity contribution is 0.0122. The zero-order valence-corrected chi connectivity index (χ0v) is 8.42. The van der Waals surface area contributed by atoms with E-state index in [9.17, 15) is 0 Å². The van der Waals surface area contributed by atoms with Gasteiger partial charge < -0.3 is 15.6 Å². The fourth-order valence-corrected chi connectivity index (χ4v) is 1.48. The van der Waals surface area contributed by atoms with Crippen LogP contribution in [0.3, 0.4) is 0 Å². The maximum absolute atomic E-state index is 3.83. The van der Waals surface area contributed by atoms with E-state index in [1.54, 1.807) is 0 Å². The minimum Gasteiger partial charge on any atom is -0.318 e. The van der Waals surface area contributed by atoms with Crippen molar-refractivity contribution in [2.75, 3.05) is 46.3 Å². The van der Waals surface area contributed by atoms with Gasteiger partial charge in [-0.25, -0.2) is 5.01 Å². The zero-order chi connectivity index (χ0) is 9.52. The average molecular weight is 184 g/mol. The van der Waals surface area contributed by atoms with Crippen LogP contribution >= 0.6 is 0 Å². The molecule has 13 heavy (non-hydrogen) atoms. The van der Waals surface area contributed by atoms with Gasteiger partial charge in [-0.2, -0.15) is 0 Å². The van der Waals surface area contributed by atoms with E-state index < -0.39 is 0 Å². The monoisotopic (exact) mass is 184 g/mol. The third-order valence-corrected chi connectivity index (χ3v) is 2.26. The topological polar surface area (TPSA) is 30.5 Å². The Labute approximate surface area is 80.6 Å².